The monoisotopic (exact) mass is 602 g/mol. The molecule has 0 aliphatic carbocycles. The first-order valence-electron chi connectivity index (χ1n) is 15.0. The van der Waals surface area contributed by atoms with Crippen molar-refractivity contribution in [3.8, 4) is 0 Å². The number of anilines is 3. The normalized spacial score (nSPS) is 24.5. The standard InChI is InChI=1S/C31H34N6O7/c1-20-16-25(8-10-34-19-22(9-13-38)32-33-34)44-31(20)26-17-24(36-12-15-43-30(36)41)6-7-27(26)37(28(31)39)18-21-2-4-23(5-3-21)35-11-14-42-29(35)40/h2-7,17,19-20,25,38H,8-16,18H2,1H3/t20-,25+,31+/m0/s1. The number of nitrogens with zero attached hydrogens (tertiary/aromatic N) is 6. The van der Waals surface area contributed by atoms with Crippen molar-refractivity contribution in [1.29, 1.82) is 0 Å². The Hall–Kier alpha value is -4.49. The van der Waals surface area contributed by atoms with Crippen LogP contribution in [-0.2, 0) is 44.1 Å². The number of carbonyl (C=O) groups excluding carboxylic acids is 3. The van der Waals surface area contributed by atoms with Crippen molar-refractivity contribution in [2.24, 2.45) is 5.92 Å². The second-order valence-electron chi connectivity index (χ2n) is 11.6. The number of cyclic esters (lactones) is 2. The summed E-state index contributed by atoms with van der Waals surface area (Å²) in [7, 11) is 0. The van der Waals surface area contributed by atoms with Gasteiger partial charge in [-0.3, -0.25) is 19.3 Å². The van der Waals surface area contributed by atoms with E-state index in [0.717, 1.165) is 28.2 Å². The van der Waals surface area contributed by atoms with Gasteiger partial charge in [-0.05, 0) is 48.7 Å². The van der Waals surface area contributed by atoms with Crippen molar-refractivity contribution in [3.05, 3.63) is 65.5 Å². The molecule has 0 unspecified atom stereocenters. The summed E-state index contributed by atoms with van der Waals surface area (Å²) in [5.74, 6) is -0.268. The Kier molecular flexibility index (Phi) is 7.21. The molecule has 2 aromatic carbocycles. The van der Waals surface area contributed by atoms with Crippen molar-refractivity contribution in [2.75, 3.05) is 47.6 Å². The molecule has 0 radical (unpaired) electrons. The molecule has 3 amide bonds. The SMILES string of the molecule is C[C@H]1C[C@@H](CCn2cc(CCO)nn2)O[C@]12C(=O)N(Cc1ccc(N3CCOC3=O)cc1)c1ccc(N3CCOC3=O)cc12. The van der Waals surface area contributed by atoms with Crippen LogP contribution >= 0.6 is 0 Å². The predicted molar refractivity (Wildman–Crippen MR) is 157 cm³/mol. The Balaban J connectivity index is 1.17. The van der Waals surface area contributed by atoms with Gasteiger partial charge >= 0.3 is 12.2 Å². The Morgan fingerprint density at radius 3 is 2.36 bits per heavy atom. The predicted octanol–water partition coefficient (Wildman–Crippen LogP) is 2.98. The molecule has 3 atom stereocenters. The summed E-state index contributed by atoms with van der Waals surface area (Å²) in [6.45, 7) is 4.55. The summed E-state index contributed by atoms with van der Waals surface area (Å²) in [4.78, 5) is 43.8. The van der Waals surface area contributed by atoms with Gasteiger partial charge in [0.2, 0.25) is 0 Å². The van der Waals surface area contributed by atoms with E-state index in [1.54, 1.807) is 19.4 Å². The van der Waals surface area contributed by atoms with E-state index in [9.17, 15) is 19.5 Å². The highest BCUT2D eigenvalue weighted by molar-refractivity contribution is 6.08. The van der Waals surface area contributed by atoms with Crippen LogP contribution in [0.1, 0.15) is 36.6 Å². The Morgan fingerprint density at radius 1 is 0.977 bits per heavy atom. The molecular formula is C31H34N6O7. The van der Waals surface area contributed by atoms with Crippen molar-refractivity contribution in [2.45, 2.75) is 51.0 Å². The van der Waals surface area contributed by atoms with E-state index in [4.69, 9.17) is 14.2 Å². The lowest BCUT2D eigenvalue weighted by atomic mass is 9.82. The number of benzene rings is 2. The third kappa shape index (κ3) is 4.76. The van der Waals surface area contributed by atoms with E-state index >= 15 is 0 Å². The van der Waals surface area contributed by atoms with Gasteiger partial charge in [-0.1, -0.05) is 24.3 Å². The number of aryl methyl sites for hydroxylation is 1. The van der Waals surface area contributed by atoms with Crippen molar-refractivity contribution in [3.63, 3.8) is 0 Å². The van der Waals surface area contributed by atoms with Gasteiger partial charge in [0.05, 0.1) is 37.1 Å². The highest BCUT2D eigenvalue weighted by Crippen LogP contribution is 2.54. The number of aromatic nitrogens is 3. The topological polar surface area (TPSA) is 140 Å². The van der Waals surface area contributed by atoms with Crippen LogP contribution < -0.4 is 14.7 Å². The second-order valence-corrected chi connectivity index (χ2v) is 11.6. The van der Waals surface area contributed by atoms with E-state index in [1.807, 2.05) is 55.6 Å². The van der Waals surface area contributed by atoms with Crippen molar-refractivity contribution in [1.82, 2.24) is 15.0 Å². The summed E-state index contributed by atoms with van der Waals surface area (Å²) in [6, 6.07) is 13.2. The van der Waals surface area contributed by atoms with E-state index in [-0.39, 0.29) is 30.6 Å². The quantitative estimate of drug-likeness (QED) is 0.392. The molecule has 13 nitrogen and oxygen atoms in total. The fourth-order valence-electron chi connectivity index (χ4n) is 6.73. The minimum atomic E-state index is -1.21. The fourth-order valence-corrected chi connectivity index (χ4v) is 6.73. The van der Waals surface area contributed by atoms with E-state index in [0.29, 0.717) is 64.3 Å². The number of hydrogen-bond acceptors (Lipinski definition) is 9. The zero-order valence-corrected chi connectivity index (χ0v) is 24.4. The third-order valence-corrected chi connectivity index (χ3v) is 8.95. The molecule has 4 aliphatic rings. The first-order valence-corrected chi connectivity index (χ1v) is 15.0. The summed E-state index contributed by atoms with van der Waals surface area (Å²) in [6.07, 6.45) is 2.60. The smallest absolute Gasteiger partial charge is 0.414 e. The van der Waals surface area contributed by atoms with Gasteiger partial charge in [0.1, 0.15) is 13.2 Å². The highest BCUT2D eigenvalue weighted by atomic mass is 16.6. The molecule has 3 aromatic rings. The minimum absolute atomic E-state index is 0.0108. The van der Waals surface area contributed by atoms with Gasteiger partial charge in [-0.2, -0.15) is 0 Å². The average molecular weight is 603 g/mol. The van der Waals surface area contributed by atoms with Crippen LogP contribution in [-0.4, -0.2) is 77.2 Å². The molecule has 5 heterocycles. The molecule has 13 heteroatoms. The van der Waals surface area contributed by atoms with Crippen molar-refractivity contribution >= 4 is 35.2 Å². The third-order valence-electron chi connectivity index (χ3n) is 8.95. The zero-order valence-electron chi connectivity index (χ0n) is 24.4. The Bertz CT molecular complexity index is 1590. The lowest BCUT2D eigenvalue weighted by Crippen LogP contribution is -2.43. The van der Waals surface area contributed by atoms with Crippen LogP contribution in [0, 0.1) is 5.92 Å². The maximum atomic E-state index is 14.5. The molecule has 1 N–H and O–H groups in total. The summed E-state index contributed by atoms with van der Waals surface area (Å²) in [5.41, 5.74) is 3.32. The van der Waals surface area contributed by atoms with Gasteiger partial charge in [0, 0.05) is 48.6 Å². The summed E-state index contributed by atoms with van der Waals surface area (Å²) >= 11 is 0. The van der Waals surface area contributed by atoms with Crippen LogP contribution in [0.15, 0.2) is 48.7 Å². The lowest BCUT2D eigenvalue weighted by molar-refractivity contribution is -0.146. The maximum absolute atomic E-state index is 14.5. The molecule has 1 spiro atoms. The number of fused-ring (bicyclic) bond motifs is 2. The van der Waals surface area contributed by atoms with Gasteiger partial charge < -0.3 is 24.2 Å². The number of carbonyl (C=O) groups is 3. The Labute approximate surface area is 253 Å². The van der Waals surface area contributed by atoms with E-state index in [1.165, 1.54) is 0 Å². The van der Waals surface area contributed by atoms with Crippen molar-refractivity contribution < 1.29 is 33.7 Å². The van der Waals surface area contributed by atoms with E-state index < -0.39 is 11.7 Å². The first kappa shape index (κ1) is 28.3. The molecule has 0 bridgehead atoms. The van der Waals surface area contributed by atoms with Crippen LogP contribution in [0.25, 0.3) is 0 Å². The number of amides is 3. The van der Waals surface area contributed by atoms with Gasteiger partial charge in [0.15, 0.2) is 5.60 Å². The number of rotatable bonds is 9. The average Bonchev–Trinajstić information content (AvgIpc) is 3.85. The molecule has 44 heavy (non-hydrogen) atoms. The highest BCUT2D eigenvalue weighted by Gasteiger charge is 2.60. The van der Waals surface area contributed by atoms with E-state index in [2.05, 4.69) is 10.3 Å². The maximum Gasteiger partial charge on any atom is 0.414 e. The number of hydrogen-bond donors (Lipinski definition) is 1. The number of aliphatic hydroxyl groups is 1. The van der Waals surface area contributed by atoms with Gasteiger partial charge in [-0.25, -0.2) is 9.59 Å². The fraction of sp³-hybridized carbons (Fsp3) is 0.452. The molecule has 230 valence electrons. The molecule has 4 aliphatic heterocycles. The summed E-state index contributed by atoms with van der Waals surface area (Å²) < 4.78 is 18.7. The number of aliphatic hydroxyl groups excluding tert-OH is 1. The van der Waals surface area contributed by atoms with Crippen LogP contribution in [0.4, 0.5) is 26.7 Å². The second kappa shape index (κ2) is 11.2. The molecule has 7 rings (SSSR count). The molecule has 1 aromatic heterocycles. The first-order chi connectivity index (χ1) is 21.4. The van der Waals surface area contributed by atoms with Crippen LogP contribution in [0.2, 0.25) is 0 Å². The molecule has 0 saturated carbocycles. The summed E-state index contributed by atoms with van der Waals surface area (Å²) in [5, 5.41) is 17.4. The van der Waals surface area contributed by atoms with Gasteiger partial charge in [-0.15, -0.1) is 5.10 Å². The van der Waals surface area contributed by atoms with Gasteiger partial charge in [0.25, 0.3) is 5.91 Å². The lowest BCUT2D eigenvalue weighted by Gasteiger charge is -2.28. The zero-order chi connectivity index (χ0) is 30.4. The van der Waals surface area contributed by atoms with Crippen LogP contribution in [0.3, 0.4) is 0 Å². The minimum Gasteiger partial charge on any atom is -0.447 e. The number of ether oxygens (including phenoxy) is 3. The molecule has 3 saturated heterocycles. The Morgan fingerprint density at radius 2 is 1.68 bits per heavy atom. The largest absolute Gasteiger partial charge is 0.447 e. The van der Waals surface area contributed by atoms with Crippen LogP contribution in [0.5, 0.6) is 0 Å². The molecule has 3 fully saturated rings. The molecular weight excluding hydrogens is 568 g/mol.